The van der Waals surface area contributed by atoms with Crippen LogP contribution in [-0.4, -0.2) is 30.2 Å². The molecule has 2 atom stereocenters. The van der Waals surface area contributed by atoms with Crippen LogP contribution in [0.15, 0.2) is 0 Å². The summed E-state index contributed by atoms with van der Waals surface area (Å²) in [5.41, 5.74) is 5.28. The third-order valence-electron chi connectivity index (χ3n) is 4.93. The molecule has 0 saturated heterocycles. The average molecular weight is 254 g/mol. The lowest BCUT2D eigenvalue weighted by Crippen LogP contribution is -2.76. The largest absolute Gasteiger partial charge is 0.378 e. The lowest BCUT2D eigenvalue weighted by atomic mass is 9.54. The van der Waals surface area contributed by atoms with E-state index < -0.39 is 5.54 Å². The lowest BCUT2D eigenvalue weighted by Gasteiger charge is -2.57. The third kappa shape index (κ3) is 2.05. The normalized spacial score (nSPS) is 35.2. The molecule has 2 fully saturated rings. The molecule has 2 aliphatic carbocycles. The van der Waals surface area contributed by atoms with E-state index in [2.05, 4.69) is 5.32 Å². The van der Waals surface area contributed by atoms with Gasteiger partial charge in [-0.15, -0.1) is 0 Å². The Bertz CT molecular complexity index is 324. The van der Waals surface area contributed by atoms with Crippen molar-refractivity contribution in [2.45, 2.75) is 70.6 Å². The van der Waals surface area contributed by atoms with E-state index in [0.29, 0.717) is 19.1 Å². The number of hydrogen-bond acceptors (Lipinski definition) is 3. The van der Waals surface area contributed by atoms with E-state index in [9.17, 15) is 4.79 Å². The predicted molar refractivity (Wildman–Crippen MR) is 71.1 cm³/mol. The van der Waals surface area contributed by atoms with Crippen LogP contribution in [-0.2, 0) is 9.53 Å². The van der Waals surface area contributed by atoms with Crippen LogP contribution in [0.3, 0.4) is 0 Å². The van der Waals surface area contributed by atoms with Crippen molar-refractivity contribution in [2.24, 2.45) is 11.1 Å². The predicted octanol–water partition coefficient (Wildman–Crippen LogP) is 1.58. The second kappa shape index (κ2) is 4.82. The highest BCUT2D eigenvalue weighted by atomic mass is 16.5. The zero-order valence-electron chi connectivity index (χ0n) is 11.8. The summed E-state index contributed by atoms with van der Waals surface area (Å²) >= 11 is 0. The summed E-state index contributed by atoms with van der Waals surface area (Å²) in [5, 5.41) is 3.12. The van der Waals surface area contributed by atoms with Crippen molar-refractivity contribution in [2.75, 3.05) is 6.61 Å². The number of ether oxygens (including phenoxy) is 1. The second-order valence-electron chi connectivity index (χ2n) is 6.30. The van der Waals surface area contributed by atoms with Gasteiger partial charge in [-0.05, 0) is 19.8 Å². The van der Waals surface area contributed by atoms with E-state index >= 15 is 0 Å². The fourth-order valence-electron chi connectivity index (χ4n) is 3.20. The minimum absolute atomic E-state index is 0.00959. The van der Waals surface area contributed by atoms with Gasteiger partial charge in [-0.3, -0.25) is 4.79 Å². The van der Waals surface area contributed by atoms with Crippen LogP contribution in [0.5, 0.6) is 0 Å². The van der Waals surface area contributed by atoms with Gasteiger partial charge in [0.25, 0.3) is 0 Å². The first-order chi connectivity index (χ1) is 8.41. The van der Waals surface area contributed by atoms with E-state index in [4.69, 9.17) is 10.5 Å². The Balaban J connectivity index is 1.97. The monoisotopic (exact) mass is 254 g/mol. The average Bonchev–Trinajstić information content (AvgIpc) is 2.81. The fraction of sp³-hybridized carbons (Fsp3) is 0.929. The molecule has 4 heteroatoms. The summed E-state index contributed by atoms with van der Waals surface area (Å²) in [6.07, 6.45) is 5.35. The maximum absolute atomic E-state index is 12.4. The molecule has 1 amide bonds. The van der Waals surface area contributed by atoms with Gasteiger partial charge in [0.1, 0.15) is 5.54 Å². The van der Waals surface area contributed by atoms with E-state index in [1.807, 2.05) is 20.8 Å². The quantitative estimate of drug-likeness (QED) is 0.800. The first-order valence-corrected chi connectivity index (χ1v) is 7.13. The van der Waals surface area contributed by atoms with Gasteiger partial charge in [-0.1, -0.05) is 26.7 Å². The third-order valence-corrected chi connectivity index (χ3v) is 4.93. The summed E-state index contributed by atoms with van der Waals surface area (Å²) in [6.45, 7) is 6.72. The molecule has 104 valence electrons. The first-order valence-electron chi connectivity index (χ1n) is 7.13. The molecule has 0 aliphatic heterocycles. The number of hydrogen-bond donors (Lipinski definition) is 2. The summed E-state index contributed by atoms with van der Waals surface area (Å²) < 4.78 is 5.65. The van der Waals surface area contributed by atoms with Gasteiger partial charge in [0.2, 0.25) is 5.91 Å². The Morgan fingerprint density at radius 3 is 2.50 bits per heavy atom. The zero-order chi connectivity index (χ0) is 13.4. The number of amides is 1. The van der Waals surface area contributed by atoms with Gasteiger partial charge in [0, 0.05) is 24.5 Å². The van der Waals surface area contributed by atoms with Crippen molar-refractivity contribution in [1.29, 1.82) is 0 Å². The van der Waals surface area contributed by atoms with Gasteiger partial charge >= 0.3 is 0 Å². The van der Waals surface area contributed by atoms with Crippen LogP contribution in [0.25, 0.3) is 0 Å². The SMILES string of the molecule is CCOC1CC(N)(C(=O)NC2CCCC2)C1(C)C. The van der Waals surface area contributed by atoms with Crippen LogP contribution in [0.4, 0.5) is 0 Å². The van der Waals surface area contributed by atoms with Crippen molar-refractivity contribution >= 4 is 5.91 Å². The molecule has 2 unspecified atom stereocenters. The summed E-state index contributed by atoms with van der Waals surface area (Å²) in [5.74, 6) is 0.00959. The summed E-state index contributed by atoms with van der Waals surface area (Å²) in [6, 6.07) is 0.333. The number of nitrogens with two attached hydrogens (primary N) is 1. The van der Waals surface area contributed by atoms with E-state index in [0.717, 1.165) is 12.8 Å². The van der Waals surface area contributed by atoms with E-state index in [1.165, 1.54) is 12.8 Å². The van der Waals surface area contributed by atoms with E-state index in [-0.39, 0.29) is 17.4 Å². The van der Waals surface area contributed by atoms with Gasteiger partial charge in [0.05, 0.1) is 6.10 Å². The standard InChI is InChI=1S/C14H26N2O2/c1-4-18-11-9-14(15,13(11,2)3)12(17)16-10-7-5-6-8-10/h10-11H,4-9,15H2,1-3H3,(H,16,17). The smallest absolute Gasteiger partial charge is 0.241 e. The van der Waals surface area contributed by atoms with Crippen molar-refractivity contribution in [3.63, 3.8) is 0 Å². The molecule has 0 spiro atoms. The number of carbonyl (C=O) groups excluding carboxylic acids is 1. The van der Waals surface area contributed by atoms with Gasteiger partial charge in [-0.25, -0.2) is 0 Å². The maximum atomic E-state index is 12.4. The van der Waals surface area contributed by atoms with Crippen molar-refractivity contribution in [3.05, 3.63) is 0 Å². The highest BCUT2D eigenvalue weighted by Gasteiger charge is 2.62. The number of rotatable bonds is 4. The molecule has 2 rings (SSSR count). The molecule has 3 N–H and O–H groups in total. The van der Waals surface area contributed by atoms with Crippen LogP contribution >= 0.6 is 0 Å². The Hall–Kier alpha value is -0.610. The molecule has 2 saturated carbocycles. The minimum atomic E-state index is -0.768. The first kappa shape index (κ1) is 13.8. The lowest BCUT2D eigenvalue weighted by molar-refractivity contribution is -0.171. The summed E-state index contributed by atoms with van der Waals surface area (Å²) in [7, 11) is 0. The highest BCUT2D eigenvalue weighted by Crippen LogP contribution is 2.49. The molecule has 4 nitrogen and oxygen atoms in total. The van der Waals surface area contributed by atoms with Gasteiger partial charge in [0.15, 0.2) is 0 Å². The molecule has 0 bridgehead atoms. The molecule has 0 heterocycles. The van der Waals surface area contributed by atoms with Gasteiger partial charge in [-0.2, -0.15) is 0 Å². The van der Waals surface area contributed by atoms with E-state index in [1.54, 1.807) is 0 Å². The van der Waals surface area contributed by atoms with Crippen molar-refractivity contribution < 1.29 is 9.53 Å². The molecular weight excluding hydrogens is 228 g/mol. The van der Waals surface area contributed by atoms with Crippen LogP contribution < -0.4 is 11.1 Å². The fourth-order valence-corrected chi connectivity index (χ4v) is 3.20. The number of carbonyl (C=O) groups is 1. The van der Waals surface area contributed by atoms with Crippen LogP contribution in [0.1, 0.15) is 52.9 Å². The highest BCUT2D eigenvalue weighted by molar-refractivity contribution is 5.89. The van der Waals surface area contributed by atoms with Crippen molar-refractivity contribution in [1.82, 2.24) is 5.32 Å². The maximum Gasteiger partial charge on any atom is 0.241 e. The Labute approximate surface area is 110 Å². The Morgan fingerprint density at radius 2 is 2.00 bits per heavy atom. The second-order valence-corrected chi connectivity index (χ2v) is 6.30. The summed E-state index contributed by atoms with van der Waals surface area (Å²) in [4.78, 5) is 12.4. The minimum Gasteiger partial charge on any atom is -0.378 e. The van der Waals surface area contributed by atoms with Gasteiger partial charge < -0.3 is 15.8 Å². The van der Waals surface area contributed by atoms with Crippen LogP contribution in [0, 0.1) is 5.41 Å². The van der Waals surface area contributed by atoms with Crippen molar-refractivity contribution in [3.8, 4) is 0 Å². The molecular formula is C14H26N2O2. The molecule has 0 aromatic rings. The molecule has 2 aliphatic rings. The molecule has 0 aromatic heterocycles. The molecule has 0 radical (unpaired) electrons. The Morgan fingerprint density at radius 1 is 1.39 bits per heavy atom. The topological polar surface area (TPSA) is 64.3 Å². The zero-order valence-corrected chi connectivity index (χ0v) is 11.8. The number of nitrogens with one attached hydrogen (secondary N) is 1. The van der Waals surface area contributed by atoms with Crippen LogP contribution in [0.2, 0.25) is 0 Å². The molecule has 18 heavy (non-hydrogen) atoms. The Kier molecular flexibility index (Phi) is 3.70. The molecule has 0 aromatic carbocycles.